The van der Waals surface area contributed by atoms with Crippen molar-refractivity contribution in [2.24, 2.45) is 0 Å². The number of rotatable bonds is 13. The van der Waals surface area contributed by atoms with Crippen LogP contribution in [-0.4, -0.2) is 39.9 Å². The summed E-state index contributed by atoms with van der Waals surface area (Å²) >= 11 is 1.56. The molecule has 1 amide bonds. The lowest BCUT2D eigenvalue weighted by atomic mass is 9.96. The second-order valence-electron chi connectivity index (χ2n) is 9.51. The van der Waals surface area contributed by atoms with Crippen molar-refractivity contribution >= 4 is 23.6 Å². The normalized spacial score (nSPS) is 11.7. The molecule has 0 spiro atoms. The number of amides is 1. The smallest absolute Gasteiger partial charge is 0.326 e. The quantitative estimate of drug-likeness (QED) is 0.204. The summed E-state index contributed by atoms with van der Waals surface area (Å²) in [6.07, 6.45) is 2.29. The first-order valence-electron chi connectivity index (χ1n) is 13.0. The monoisotopic (exact) mass is 538 g/mol. The van der Waals surface area contributed by atoms with Gasteiger partial charge in [0.05, 0.1) is 0 Å². The zero-order chi connectivity index (χ0) is 27.5. The Morgan fingerprint density at radius 1 is 0.769 bits per heavy atom. The molecule has 2 N–H and O–H groups in total. The van der Waals surface area contributed by atoms with Crippen LogP contribution in [0.15, 0.2) is 109 Å². The Labute approximate surface area is 234 Å². The van der Waals surface area contributed by atoms with Gasteiger partial charge >= 0.3 is 5.97 Å². The molecule has 0 bridgehead atoms. The summed E-state index contributed by atoms with van der Waals surface area (Å²) in [5, 5.41) is 12.4. The summed E-state index contributed by atoms with van der Waals surface area (Å²) in [4.78, 5) is 27.5. The number of carbonyl (C=O) groups excluding carboxylic acids is 1. The third-order valence-corrected chi connectivity index (χ3v) is 7.18. The van der Waals surface area contributed by atoms with Crippen LogP contribution in [0.25, 0.3) is 11.1 Å². The maximum absolute atomic E-state index is 13.3. The summed E-state index contributed by atoms with van der Waals surface area (Å²) in [6.45, 7) is 2.26. The van der Waals surface area contributed by atoms with Crippen molar-refractivity contribution in [2.75, 3.05) is 12.0 Å². The van der Waals surface area contributed by atoms with Crippen LogP contribution in [0.1, 0.15) is 33.5 Å². The van der Waals surface area contributed by atoms with E-state index in [0.717, 1.165) is 29.8 Å². The van der Waals surface area contributed by atoms with Gasteiger partial charge in [0, 0.05) is 25.2 Å². The highest BCUT2D eigenvalue weighted by Gasteiger charge is 2.22. The molecule has 0 radical (unpaired) electrons. The minimum Gasteiger partial charge on any atom is -0.480 e. The number of thioether (sulfide) groups is 1. The Balaban J connectivity index is 1.63. The van der Waals surface area contributed by atoms with E-state index >= 15 is 0 Å². The number of nitrogens with one attached hydrogen (secondary N) is 1. The van der Waals surface area contributed by atoms with Crippen LogP contribution in [-0.2, 0) is 24.4 Å². The van der Waals surface area contributed by atoms with Crippen molar-refractivity contribution in [3.63, 3.8) is 0 Å². The molecule has 1 unspecified atom stereocenters. The van der Waals surface area contributed by atoms with E-state index in [4.69, 9.17) is 0 Å². The van der Waals surface area contributed by atoms with Crippen LogP contribution in [0.4, 0.5) is 0 Å². The van der Waals surface area contributed by atoms with Gasteiger partial charge in [-0.15, -0.1) is 0 Å². The molecule has 0 fully saturated rings. The molecule has 4 aromatic carbocycles. The highest BCUT2D eigenvalue weighted by molar-refractivity contribution is 7.98. The molecular formula is C33H34N2O3S. The zero-order valence-electron chi connectivity index (χ0n) is 22.1. The summed E-state index contributed by atoms with van der Waals surface area (Å²) in [7, 11) is 0. The van der Waals surface area contributed by atoms with Gasteiger partial charge in [0.25, 0.3) is 5.91 Å². The molecule has 6 heteroatoms. The van der Waals surface area contributed by atoms with Crippen molar-refractivity contribution in [2.45, 2.75) is 32.1 Å². The average molecular weight is 539 g/mol. The van der Waals surface area contributed by atoms with Crippen molar-refractivity contribution in [1.29, 1.82) is 0 Å². The van der Waals surface area contributed by atoms with Gasteiger partial charge < -0.3 is 10.4 Å². The fourth-order valence-electron chi connectivity index (χ4n) is 4.58. The topological polar surface area (TPSA) is 69.6 Å². The maximum atomic E-state index is 13.3. The molecule has 200 valence electrons. The first-order chi connectivity index (χ1) is 19.0. The molecule has 0 aliphatic rings. The average Bonchev–Trinajstić information content (AvgIpc) is 2.96. The van der Waals surface area contributed by atoms with E-state index < -0.39 is 12.0 Å². The third kappa shape index (κ3) is 8.31. The Bertz CT molecular complexity index is 1310. The first-order valence-corrected chi connectivity index (χ1v) is 14.4. The second kappa shape index (κ2) is 14.3. The van der Waals surface area contributed by atoms with Crippen LogP contribution in [0.5, 0.6) is 0 Å². The minimum absolute atomic E-state index is 0.370. The number of carbonyl (C=O) groups is 2. The minimum atomic E-state index is -1.02. The Morgan fingerprint density at radius 2 is 1.31 bits per heavy atom. The molecular weight excluding hydrogens is 504 g/mol. The Morgan fingerprint density at radius 3 is 1.85 bits per heavy atom. The number of hydrogen-bond donors (Lipinski definition) is 2. The predicted molar refractivity (Wildman–Crippen MR) is 160 cm³/mol. The van der Waals surface area contributed by atoms with Gasteiger partial charge in [0.2, 0.25) is 0 Å². The van der Waals surface area contributed by atoms with Crippen LogP contribution < -0.4 is 5.32 Å². The molecule has 0 heterocycles. The SMILES string of the molecule is CSCCC(NC(=O)c1ccc(CN(Cc2ccccc2)Cc2ccccc2)cc1-c1ccccc1)C(=O)O. The standard InChI is InChI=1S/C33H34N2O3S/c1-39-20-19-31(33(37)38)34-32(36)29-18-17-27(21-30(29)28-15-9-4-10-16-28)24-35(22-25-11-5-2-6-12-25)23-26-13-7-3-8-14-26/h2-18,21,31H,19-20,22-24H2,1H3,(H,34,36)(H,37,38). The van der Waals surface area contributed by atoms with Crippen LogP contribution in [0.3, 0.4) is 0 Å². The van der Waals surface area contributed by atoms with E-state index in [-0.39, 0.29) is 5.91 Å². The van der Waals surface area contributed by atoms with Crippen molar-refractivity contribution in [3.8, 4) is 11.1 Å². The lowest BCUT2D eigenvalue weighted by Gasteiger charge is -2.24. The van der Waals surface area contributed by atoms with Crippen molar-refractivity contribution < 1.29 is 14.7 Å². The lowest BCUT2D eigenvalue weighted by molar-refractivity contribution is -0.139. The van der Waals surface area contributed by atoms with Gasteiger partial charge in [-0.1, -0.05) is 97.1 Å². The zero-order valence-corrected chi connectivity index (χ0v) is 22.9. The fourth-order valence-corrected chi connectivity index (χ4v) is 5.05. The summed E-state index contributed by atoms with van der Waals surface area (Å²) < 4.78 is 0. The number of hydrogen-bond acceptors (Lipinski definition) is 4. The molecule has 5 nitrogen and oxygen atoms in total. The first kappa shape index (κ1) is 28.1. The molecule has 4 aromatic rings. The van der Waals surface area contributed by atoms with E-state index in [9.17, 15) is 14.7 Å². The van der Waals surface area contributed by atoms with Gasteiger partial charge in [0.1, 0.15) is 6.04 Å². The Kier molecular flexibility index (Phi) is 10.3. The molecule has 4 rings (SSSR count). The number of aliphatic carboxylic acids is 1. The van der Waals surface area contributed by atoms with E-state index in [2.05, 4.69) is 64.8 Å². The lowest BCUT2D eigenvalue weighted by Crippen LogP contribution is -2.41. The van der Waals surface area contributed by atoms with Gasteiger partial charge in [-0.3, -0.25) is 9.69 Å². The Hall–Kier alpha value is -3.87. The molecule has 0 saturated heterocycles. The highest BCUT2D eigenvalue weighted by Crippen LogP contribution is 2.27. The number of nitrogens with zero attached hydrogens (tertiary/aromatic N) is 1. The molecule has 39 heavy (non-hydrogen) atoms. The van der Waals surface area contributed by atoms with Crippen LogP contribution >= 0.6 is 11.8 Å². The van der Waals surface area contributed by atoms with E-state index in [1.807, 2.05) is 60.9 Å². The second-order valence-corrected chi connectivity index (χ2v) is 10.5. The van der Waals surface area contributed by atoms with E-state index in [0.29, 0.717) is 24.3 Å². The summed E-state index contributed by atoms with van der Waals surface area (Å²) in [6, 6.07) is 35.5. The van der Waals surface area contributed by atoms with Crippen molar-refractivity contribution in [1.82, 2.24) is 10.2 Å². The largest absolute Gasteiger partial charge is 0.480 e. The number of carboxylic acid groups (broad SMARTS) is 1. The fraction of sp³-hybridized carbons (Fsp3) is 0.212. The van der Waals surface area contributed by atoms with Crippen LogP contribution in [0.2, 0.25) is 0 Å². The predicted octanol–water partition coefficient (Wildman–Crippen LogP) is 6.49. The molecule has 0 saturated carbocycles. The van der Waals surface area contributed by atoms with Gasteiger partial charge in [-0.05, 0) is 58.4 Å². The van der Waals surface area contributed by atoms with E-state index in [1.54, 1.807) is 11.8 Å². The summed E-state index contributed by atoms with van der Waals surface area (Å²) in [5.41, 5.74) is 5.72. The molecule has 1 atom stereocenters. The van der Waals surface area contributed by atoms with Gasteiger partial charge in [-0.2, -0.15) is 11.8 Å². The molecule has 0 aliphatic carbocycles. The van der Waals surface area contributed by atoms with Crippen molar-refractivity contribution in [3.05, 3.63) is 131 Å². The van der Waals surface area contributed by atoms with Gasteiger partial charge in [-0.25, -0.2) is 4.79 Å². The third-order valence-electron chi connectivity index (χ3n) is 6.53. The molecule has 0 aromatic heterocycles. The molecule has 0 aliphatic heterocycles. The maximum Gasteiger partial charge on any atom is 0.326 e. The highest BCUT2D eigenvalue weighted by atomic mass is 32.2. The number of benzene rings is 4. The number of carboxylic acids is 1. The van der Waals surface area contributed by atoms with E-state index in [1.165, 1.54) is 11.1 Å². The summed E-state index contributed by atoms with van der Waals surface area (Å²) in [5.74, 6) is -0.743. The van der Waals surface area contributed by atoms with Crippen LogP contribution in [0, 0.1) is 0 Å². The van der Waals surface area contributed by atoms with Gasteiger partial charge in [0.15, 0.2) is 0 Å².